The first kappa shape index (κ1) is 19.7. The molecule has 2 heterocycles. The van der Waals surface area contributed by atoms with Gasteiger partial charge in [0.1, 0.15) is 5.82 Å². The predicted molar refractivity (Wildman–Crippen MR) is 101 cm³/mol. The van der Waals surface area contributed by atoms with E-state index in [-0.39, 0.29) is 10.9 Å². The van der Waals surface area contributed by atoms with Crippen molar-refractivity contribution in [1.29, 1.82) is 0 Å². The molecule has 5 nitrogen and oxygen atoms in total. The molecule has 0 spiro atoms. The maximum atomic E-state index is 14.0. The highest BCUT2D eigenvalue weighted by molar-refractivity contribution is 7.89. The molecule has 0 saturated carbocycles. The fraction of sp³-hybridized carbons (Fsp3) is 0.684. The molecule has 3 rings (SSSR count). The lowest BCUT2D eigenvalue weighted by Crippen LogP contribution is -2.49. The minimum atomic E-state index is -3.70. The van der Waals surface area contributed by atoms with Crippen molar-refractivity contribution in [3.8, 4) is 0 Å². The van der Waals surface area contributed by atoms with Crippen molar-refractivity contribution in [2.24, 2.45) is 0 Å². The molecule has 7 heteroatoms. The lowest BCUT2D eigenvalue weighted by Gasteiger charge is -2.34. The number of rotatable bonds is 7. The van der Waals surface area contributed by atoms with Gasteiger partial charge in [-0.3, -0.25) is 0 Å². The molecule has 2 saturated heterocycles. The lowest BCUT2D eigenvalue weighted by atomic mass is 10.1. The first-order chi connectivity index (χ1) is 12.5. The van der Waals surface area contributed by atoms with E-state index in [1.54, 1.807) is 17.3 Å². The summed E-state index contributed by atoms with van der Waals surface area (Å²) in [6.45, 7) is 6.87. The van der Waals surface area contributed by atoms with Gasteiger partial charge in [-0.1, -0.05) is 6.07 Å². The van der Waals surface area contributed by atoms with E-state index in [1.165, 1.54) is 18.9 Å². The SMILES string of the molecule is Cc1ccc(S(=O)(=O)N(CCCN2CCCC2)C2CCCNC2)cc1F. The molecular formula is C19H30FN3O2S. The summed E-state index contributed by atoms with van der Waals surface area (Å²) < 4.78 is 42.1. The van der Waals surface area contributed by atoms with Crippen LogP contribution in [0, 0.1) is 12.7 Å². The zero-order chi connectivity index (χ0) is 18.6. The number of nitrogens with zero attached hydrogens (tertiary/aromatic N) is 2. The van der Waals surface area contributed by atoms with E-state index in [9.17, 15) is 12.8 Å². The van der Waals surface area contributed by atoms with Crippen molar-refractivity contribution in [2.75, 3.05) is 39.3 Å². The maximum absolute atomic E-state index is 14.0. The number of likely N-dealkylation sites (tertiary alicyclic amines) is 1. The molecule has 2 aliphatic heterocycles. The number of hydrogen-bond donors (Lipinski definition) is 1. The van der Waals surface area contributed by atoms with E-state index < -0.39 is 15.8 Å². The van der Waals surface area contributed by atoms with Crippen LogP contribution in [-0.4, -0.2) is 62.9 Å². The van der Waals surface area contributed by atoms with Gasteiger partial charge in [0.25, 0.3) is 0 Å². The van der Waals surface area contributed by atoms with Gasteiger partial charge in [0.15, 0.2) is 0 Å². The largest absolute Gasteiger partial charge is 0.315 e. The average Bonchev–Trinajstić information content (AvgIpc) is 3.15. The van der Waals surface area contributed by atoms with Gasteiger partial charge in [0, 0.05) is 19.1 Å². The van der Waals surface area contributed by atoms with Crippen LogP contribution >= 0.6 is 0 Å². The third-order valence-electron chi connectivity index (χ3n) is 5.48. The summed E-state index contributed by atoms with van der Waals surface area (Å²) in [5, 5.41) is 3.30. The third kappa shape index (κ3) is 4.63. The zero-order valence-corrected chi connectivity index (χ0v) is 16.4. The number of halogens is 1. The molecule has 0 amide bonds. The number of nitrogens with one attached hydrogen (secondary N) is 1. The fourth-order valence-electron chi connectivity index (χ4n) is 3.90. The Morgan fingerprint density at radius 3 is 2.69 bits per heavy atom. The van der Waals surface area contributed by atoms with Crippen molar-refractivity contribution in [1.82, 2.24) is 14.5 Å². The fourth-order valence-corrected chi connectivity index (χ4v) is 5.61. The molecule has 1 aromatic carbocycles. The molecule has 2 fully saturated rings. The molecule has 2 aliphatic rings. The molecular weight excluding hydrogens is 353 g/mol. The molecule has 0 aliphatic carbocycles. The number of hydrogen-bond acceptors (Lipinski definition) is 4. The van der Waals surface area contributed by atoms with E-state index in [4.69, 9.17) is 0 Å². The van der Waals surface area contributed by atoms with Crippen molar-refractivity contribution in [2.45, 2.75) is 50.0 Å². The number of piperidine rings is 1. The Hall–Kier alpha value is -1.02. The first-order valence-electron chi connectivity index (χ1n) is 9.69. The van der Waals surface area contributed by atoms with Gasteiger partial charge in [-0.15, -0.1) is 0 Å². The topological polar surface area (TPSA) is 52.7 Å². The van der Waals surface area contributed by atoms with Gasteiger partial charge in [0.05, 0.1) is 4.90 Å². The molecule has 0 bridgehead atoms. The van der Waals surface area contributed by atoms with Crippen LogP contribution in [0.2, 0.25) is 0 Å². The first-order valence-corrected chi connectivity index (χ1v) is 11.1. The van der Waals surface area contributed by atoms with Gasteiger partial charge in [-0.05, 0) is 82.9 Å². The van der Waals surface area contributed by atoms with Crippen LogP contribution in [0.25, 0.3) is 0 Å². The van der Waals surface area contributed by atoms with E-state index >= 15 is 0 Å². The number of sulfonamides is 1. The van der Waals surface area contributed by atoms with Crippen LogP contribution in [0.3, 0.4) is 0 Å². The smallest absolute Gasteiger partial charge is 0.243 e. The highest BCUT2D eigenvalue weighted by Crippen LogP contribution is 2.24. The summed E-state index contributed by atoms with van der Waals surface area (Å²) >= 11 is 0. The average molecular weight is 384 g/mol. The summed E-state index contributed by atoms with van der Waals surface area (Å²) in [5.74, 6) is -0.468. The Balaban J connectivity index is 1.76. The van der Waals surface area contributed by atoms with E-state index in [1.807, 2.05) is 0 Å². The maximum Gasteiger partial charge on any atom is 0.243 e. The number of aryl methyl sites for hydroxylation is 1. The van der Waals surface area contributed by atoms with E-state index in [0.29, 0.717) is 18.7 Å². The van der Waals surface area contributed by atoms with Crippen LogP contribution in [-0.2, 0) is 10.0 Å². The standard InChI is InChI=1S/C19H30FN3O2S/c1-16-7-8-18(14-19(16)20)26(24,25)23(17-6-4-9-21-15-17)13-5-12-22-10-2-3-11-22/h7-8,14,17,21H,2-6,9-13,15H2,1H3. The monoisotopic (exact) mass is 383 g/mol. The molecule has 1 unspecified atom stereocenters. The molecule has 1 N–H and O–H groups in total. The van der Waals surface area contributed by atoms with Crippen molar-refractivity contribution in [3.63, 3.8) is 0 Å². The van der Waals surface area contributed by atoms with Crippen LogP contribution < -0.4 is 5.32 Å². The highest BCUT2D eigenvalue weighted by Gasteiger charge is 2.32. The van der Waals surface area contributed by atoms with E-state index in [2.05, 4.69) is 10.2 Å². The molecule has 0 radical (unpaired) electrons. The predicted octanol–water partition coefficient (Wildman–Crippen LogP) is 2.36. The third-order valence-corrected chi connectivity index (χ3v) is 7.43. The van der Waals surface area contributed by atoms with Gasteiger partial charge >= 0.3 is 0 Å². The van der Waals surface area contributed by atoms with Crippen LogP contribution in [0.4, 0.5) is 4.39 Å². The number of benzene rings is 1. The van der Waals surface area contributed by atoms with Gasteiger partial charge in [-0.2, -0.15) is 4.31 Å². The minimum absolute atomic E-state index is 0.0586. The van der Waals surface area contributed by atoms with Crippen molar-refractivity contribution in [3.05, 3.63) is 29.6 Å². The Kier molecular flexibility index (Phi) is 6.66. The molecule has 146 valence electrons. The zero-order valence-electron chi connectivity index (χ0n) is 15.6. The second-order valence-electron chi connectivity index (χ2n) is 7.43. The Labute approximate surface area is 156 Å². The summed E-state index contributed by atoms with van der Waals surface area (Å²) in [5.41, 5.74) is 0.462. The molecule has 1 aromatic rings. The van der Waals surface area contributed by atoms with Gasteiger partial charge in [-0.25, -0.2) is 12.8 Å². The van der Waals surface area contributed by atoms with Crippen LogP contribution in [0.5, 0.6) is 0 Å². The van der Waals surface area contributed by atoms with Crippen molar-refractivity contribution >= 4 is 10.0 Å². The second kappa shape index (κ2) is 8.78. The van der Waals surface area contributed by atoms with Gasteiger partial charge in [0.2, 0.25) is 10.0 Å². The Morgan fingerprint density at radius 1 is 1.27 bits per heavy atom. The summed E-state index contributed by atoms with van der Waals surface area (Å²) in [7, 11) is -3.70. The molecule has 0 aromatic heterocycles. The van der Waals surface area contributed by atoms with Crippen LogP contribution in [0.1, 0.15) is 37.7 Å². The Morgan fingerprint density at radius 2 is 2.04 bits per heavy atom. The lowest BCUT2D eigenvalue weighted by molar-refractivity contribution is 0.246. The van der Waals surface area contributed by atoms with E-state index in [0.717, 1.165) is 51.5 Å². The second-order valence-corrected chi connectivity index (χ2v) is 9.32. The summed E-state index contributed by atoms with van der Waals surface area (Å²) in [4.78, 5) is 2.46. The molecule has 1 atom stereocenters. The van der Waals surface area contributed by atoms with Crippen molar-refractivity contribution < 1.29 is 12.8 Å². The Bertz CT molecular complexity index is 699. The summed E-state index contributed by atoms with van der Waals surface area (Å²) in [6.07, 6.45) is 5.09. The van der Waals surface area contributed by atoms with Crippen LogP contribution in [0.15, 0.2) is 23.1 Å². The minimum Gasteiger partial charge on any atom is -0.315 e. The highest BCUT2D eigenvalue weighted by atomic mass is 32.2. The normalized spacial score (nSPS) is 22.2. The summed E-state index contributed by atoms with van der Waals surface area (Å²) in [6, 6.07) is 4.17. The molecule has 26 heavy (non-hydrogen) atoms. The quantitative estimate of drug-likeness (QED) is 0.785. The van der Waals surface area contributed by atoms with Gasteiger partial charge < -0.3 is 10.2 Å².